The van der Waals surface area contributed by atoms with Gasteiger partial charge in [-0.05, 0) is 19.0 Å². The van der Waals surface area contributed by atoms with Crippen molar-refractivity contribution >= 4 is 0 Å². The molecule has 0 aliphatic carbocycles. The fourth-order valence-electron chi connectivity index (χ4n) is 1.37. The zero-order valence-electron chi connectivity index (χ0n) is 7.44. The number of hydrogen-bond acceptors (Lipinski definition) is 4. The second-order valence-electron chi connectivity index (χ2n) is 3.09. The second-order valence-corrected chi connectivity index (χ2v) is 3.09. The standard InChI is InChI=1S/C9H13N3O/c1-3-11-9(12-4-1)7-13-8-2-5-10-6-8/h1,3-4,8,10H,2,5-7H2. The molecule has 4 heteroatoms. The Bertz CT molecular complexity index is 246. The first kappa shape index (κ1) is 8.59. The monoisotopic (exact) mass is 179 g/mol. The van der Waals surface area contributed by atoms with E-state index in [4.69, 9.17) is 4.74 Å². The maximum absolute atomic E-state index is 5.60. The first-order chi connectivity index (χ1) is 6.45. The molecule has 1 aromatic heterocycles. The third kappa shape index (κ3) is 2.47. The number of aromatic nitrogens is 2. The Balaban J connectivity index is 1.79. The first-order valence-electron chi connectivity index (χ1n) is 4.53. The molecule has 1 N–H and O–H groups in total. The van der Waals surface area contributed by atoms with E-state index in [9.17, 15) is 0 Å². The van der Waals surface area contributed by atoms with Crippen LogP contribution in [0.3, 0.4) is 0 Å². The zero-order valence-corrected chi connectivity index (χ0v) is 7.44. The summed E-state index contributed by atoms with van der Waals surface area (Å²) in [5.41, 5.74) is 0. The summed E-state index contributed by atoms with van der Waals surface area (Å²) in [5.74, 6) is 0.759. The van der Waals surface area contributed by atoms with Crippen molar-refractivity contribution in [1.29, 1.82) is 0 Å². The highest BCUT2D eigenvalue weighted by Gasteiger charge is 2.14. The van der Waals surface area contributed by atoms with Gasteiger partial charge < -0.3 is 10.1 Å². The van der Waals surface area contributed by atoms with Crippen molar-refractivity contribution in [2.24, 2.45) is 0 Å². The lowest BCUT2D eigenvalue weighted by atomic mass is 10.3. The Hall–Kier alpha value is -1.00. The molecular weight excluding hydrogens is 166 g/mol. The molecule has 1 aliphatic rings. The van der Waals surface area contributed by atoms with Crippen molar-refractivity contribution in [3.05, 3.63) is 24.3 Å². The minimum Gasteiger partial charge on any atom is -0.369 e. The van der Waals surface area contributed by atoms with Gasteiger partial charge in [0.05, 0.1) is 6.10 Å². The summed E-state index contributed by atoms with van der Waals surface area (Å²) >= 11 is 0. The maximum Gasteiger partial charge on any atom is 0.153 e. The SMILES string of the molecule is c1cnc(COC2CCNC2)nc1. The highest BCUT2D eigenvalue weighted by Crippen LogP contribution is 2.04. The second kappa shape index (κ2) is 4.30. The smallest absolute Gasteiger partial charge is 0.153 e. The molecule has 1 aliphatic heterocycles. The van der Waals surface area contributed by atoms with Crippen molar-refractivity contribution in [3.8, 4) is 0 Å². The summed E-state index contributed by atoms with van der Waals surface area (Å²) in [6.07, 6.45) is 4.90. The van der Waals surface area contributed by atoms with Gasteiger partial charge in [-0.15, -0.1) is 0 Å². The van der Waals surface area contributed by atoms with E-state index < -0.39 is 0 Å². The van der Waals surface area contributed by atoms with Crippen LogP contribution in [0.25, 0.3) is 0 Å². The van der Waals surface area contributed by atoms with Crippen LogP contribution in [-0.4, -0.2) is 29.2 Å². The highest BCUT2D eigenvalue weighted by molar-refractivity contribution is 4.86. The van der Waals surface area contributed by atoms with E-state index in [0.717, 1.165) is 25.3 Å². The third-order valence-corrected chi connectivity index (χ3v) is 2.08. The zero-order chi connectivity index (χ0) is 8.93. The summed E-state index contributed by atoms with van der Waals surface area (Å²) in [6, 6.07) is 1.81. The molecule has 70 valence electrons. The van der Waals surface area contributed by atoms with Crippen LogP contribution >= 0.6 is 0 Å². The molecule has 4 nitrogen and oxygen atoms in total. The van der Waals surface area contributed by atoms with E-state index >= 15 is 0 Å². The van der Waals surface area contributed by atoms with Crippen LogP contribution in [0.5, 0.6) is 0 Å². The molecule has 1 fully saturated rings. The molecule has 1 atom stereocenters. The molecule has 1 saturated heterocycles. The van der Waals surface area contributed by atoms with E-state index in [1.807, 2.05) is 0 Å². The molecule has 13 heavy (non-hydrogen) atoms. The minimum absolute atomic E-state index is 0.337. The van der Waals surface area contributed by atoms with Crippen molar-refractivity contribution in [3.63, 3.8) is 0 Å². The van der Waals surface area contributed by atoms with Crippen molar-refractivity contribution in [2.75, 3.05) is 13.1 Å². The summed E-state index contributed by atoms with van der Waals surface area (Å²) in [6.45, 7) is 2.53. The van der Waals surface area contributed by atoms with Crippen LogP contribution < -0.4 is 5.32 Å². The van der Waals surface area contributed by atoms with E-state index in [-0.39, 0.29) is 0 Å². The molecule has 0 bridgehead atoms. The van der Waals surface area contributed by atoms with Crippen molar-refractivity contribution in [2.45, 2.75) is 19.1 Å². The highest BCUT2D eigenvalue weighted by atomic mass is 16.5. The largest absolute Gasteiger partial charge is 0.369 e. The Labute approximate surface area is 77.4 Å². The van der Waals surface area contributed by atoms with E-state index in [1.54, 1.807) is 18.5 Å². The van der Waals surface area contributed by atoms with Gasteiger partial charge >= 0.3 is 0 Å². The van der Waals surface area contributed by atoms with Crippen molar-refractivity contribution in [1.82, 2.24) is 15.3 Å². The van der Waals surface area contributed by atoms with Crippen LogP contribution in [0.1, 0.15) is 12.2 Å². The quantitative estimate of drug-likeness (QED) is 0.727. The molecule has 1 unspecified atom stereocenters. The lowest BCUT2D eigenvalue weighted by Crippen LogP contribution is -2.17. The lowest BCUT2D eigenvalue weighted by Gasteiger charge is -2.08. The molecule has 2 rings (SSSR count). The van der Waals surface area contributed by atoms with Gasteiger partial charge in [-0.1, -0.05) is 0 Å². The molecule has 0 spiro atoms. The average molecular weight is 179 g/mol. The molecule has 0 amide bonds. The van der Waals surface area contributed by atoms with Gasteiger partial charge in [-0.3, -0.25) is 0 Å². The van der Waals surface area contributed by atoms with Gasteiger partial charge in [-0.2, -0.15) is 0 Å². The molecule has 0 saturated carbocycles. The van der Waals surface area contributed by atoms with E-state index in [1.165, 1.54) is 0 Å². The number of ether oxygens (including phenoxy) is 1. The van der Waals surface area contributed by atoms with Gasteiger partial charge in [0.2, 0.25) is 0 Å². The molecular formula is C9H13N3O. The third-order valence-electron chi connectivity index (χ3n) is 2.08. The number of hydrogen-bond donors (Lipinski definition) is 1. The normalized spacial score (nSPS) is 22.0. The summed E-state index contributed by atoms with van der Waals surface area (Å²) < 4.78 is 5.60. The van der Waals surface area contributed by atoms with Gasteiger partial charge in [0.15, 0.2) is 5.82 Å². The number of nitrogens with one attached hydrogen (secondary N) is 1. The van der Waals surface area contributed by atoms with Crippen LogP contribution in [-0.2, 0) is 11.3 Å². The Kier molecular flexibility index (Phi) is 2.84. The Morgan fingerprint density at radius 2 is 2.31 bits per heavy atom. The fraction of sp³-hybridized carbons (Fsp3) is 0.556. The summed E-state index contributed by atoms with van der Waals surface area (Å²) in [7, 11) is 0. The Morgan fingerprint density at radius 1 is 1.46 bits per heavy atom. The first-order valence-corrected chi connectivity index (χ1v) is 4.53. The fourth-order valence-corrected chi connectivity index (χ4v) is 1.37. The van der Waals surface area contributed by atoms with Crippen LogP contribution in [0.4, 0.5) is 0 Å². The minimum atomic E-state index is 0.337. The topological polar surface area (TPSA) is 47.0 Å². The van der Waals surface area contributed by atoms with Gasteiger partial charge in [-0.25, -0.2) is 9.97 Å². The number of rotatable bonds is 3. The molecule has 1 aromatic rings. The van der Waals surface area contributed by atoms with E-state index in [0.29, 0.717) is 12.7 Å². The Morgan fingerprint density at radius 3 is 3.00 bits per heavy atom. The number of nitrogens with zero attached hydrogens (tertiary/aromatic N) is 2. The lowest BCUT2D eigenvalue weighted by molar-refractivity contribution is 0.0500. The summed E-state index contributed by atoms with van der Waals surface area (Å²) in [5, 5.41) is 3.24. The van der Waals surface area contributed by atoms with Crippen molar-refractivity contribution < 1.29 is 4.74 Å². The van der Waals surface area contributed by atoms with Gasteiger partial charge in [0, 0.05) is 18.9 Å². The van der Waals surface area contributed by atoms with Gasteiger partial charge in [0.1, 0.15) is 6.61 Å². The molecule has 0 aromatic carbocycles. The predicted octanol–water partition coefficient (Wildman–Crippen LogP) is 0.355. The average Bonchev–Trinajstić information content (AvgIpc) is 2.69. The summed E-state index contributed by atoms with van der Waals surface area (Å²) in [4.78, 5) is 8.17. The van der Waals surface area contributed by atoms with Crippen LogP contribution in [0.15, 0.2) is 18.5 Å². The molecule has 0 radical (unpaired) electrons. The van der Waals surface area contributed by atoms with Crippen LogP contribution in [0.2, 0.25) is 0 Å². The molecule has 2 heterocycles. The van der Waals surface area contributed by atoms with Gasteiger partial charge in [0.25, 0.3) is 0 Å². The maximum atomic E-state index is 5.60. The predicted molar refractivity (Wildman–Crippen MR) is 48.1 cm³/mol. The van der Waals surface area contributed by atoms with Crippen LogP contribution in [0, 0.1) is 0 Å². The van der Waals surface area contributed by atoms with E-state index in [2.05, 4.69) is 15.3 Å².